The molecule has 0 aliphatic carbocycles. The van der Waals surface area contributed by atoms with Crippen molar-refractivity contribution in [3.05, 3.63) is 16.1 Å². The van der Waals surface area contributed by atoms with Crippen LogP contribution in [0.3, 0.4) is 0 Å². The van der Waals surface area contributed by atoms with E-state index in [9.17, 15) is 0 Å². The van der Waals surface area contributed by atoms with Crippen molar-refractivity contribution in [2.24, 2.45) is 0 Å². The number of hydrogen-bond acceptors (Lipinski definition) is 4. The van der Waals surface area contributed by atoms with Crippen molar-refractivity contribution in [3.63, 3.8) is 0 Å². The van der Waals surface area contributed by atoms with Crippen molar-refractivity contribution in [1.29, 1.82) is 0 Å². The molecular formula is C13H23N3S. The molecule has 0 N–H and O–H groups in total. The predicted octanol–water partition coefficient (Wildman–Crippen LogP) is 2.05. The number of nitrogens with zero attached hydrogens (tertiary/aromatic N) is 3. The third-order valence-corrected chi connectivity index (χ3v) is 4.44. The number of likely N-dealkylation sites (N-methyl/N-ethyl adjacent to an activating group) is 2. The summed E-state index contributed by atoms with van der Waals surface area (Å²) in [6, 6.07) is 0.625. The van der Waals surface area contributed by atoms with Gasteiger partial charge >= 0.3 is 0 Å². The third kappa shape index (κ3) is 3.27. The third-order valence-electron chi connectivity index (χ3n) is 3.55. The Hall–Kier alpha value is -0.450. The lowest BCUT2D eigenvalue weighted by Gasteiger charge is -2.37. The smallest absolute Gasteiger partial charge is 0.0944 e. The van der Waals surface area contributed by atoms with Gasteiger partial charge in [-0.05, 0) is 20.0 Å². The molecule has 1 aromatic rings. The lowest BCUT2D eigenvalue weighted by molar-refractivity contribution is 0.114. The lowest BCUT2D eigenvalue weighted by atomic mass is 10.1. The Kier molecular flexibility index (Phi) is 4.17. The first kappa shape index (κ1) is 13.0. The van der Waals surface area contributed by atoms with Crippen LogP contribution in [-0.4, -0.2) is 54.6 Å². The monoisotopic (exact) mass is 253 g/mol. The van der Waals surface area contributed by atoms with Crippen LogP contribution in [0.5, 0.6) is 0 Å². The number of piperazine rings is 1. The summed E-state index contributed by atoms with van der Waals surface area (Å²) in [5.74, 6) is 0.548. The molecule has 1 atom stereocenters. The van der Waals surface area contributed by atoms with E-state index in [4.69, 9.17) is 4.98 Å². The fraction of sp³-hybridized carbons (Fsp3) is 0.769. The number of rotatable bonds is 3. The van der Waals surface area contributed by atoms with E-state index in [1.165, 1.54) is 23.8 Å². The SMILES string of the molecule is CC(C)c1csc(CC2CN(C)CCN2C)n1. The molecule has 0 amide bonds. The Morgan fingerprint density at radius 3 is 2.82 bits per heavy atom. The highest BCUT2D eigenvalue weighted by Crippen LogP contribution is 2.20. The molecule has 2 rings (SSSR count). The molecule has 1 aromatic heterocycles. The first-order valence-electron chi connectivity index (χ1n) is 6.39. The minimum Gasteiger partial charge on any atom is -0.304 e. The van der Waals surface area contributed by atoms with Gasteiger partial charge in [0.1, 0.15) is 0 Å². The molecule has 3 nitrogen and oxygen atoms in total. The number of aromatic nitrogens is 1. The molecule has 1 unspecified atom stereocenters. The average Bonchev–Trinajstić information content (AvgIpc) is 2.72. The molecule has 1 aliphatic rings. The second-order valence-electron chi connectivity index (χ2n) is 5.42. The summed E-state index contributed by atoms with van der Waals surface area (Å²) >= 11 is 1.82. The van der Waals surface area contributed by atoms with Gasteiger partial charge in [-0.1, -0.05) is 13.8 Å². The largest absolute Gasteiger partial charge is 0.304 e. The molecule has 0 saturated carbocycles. The number of thiazole rings is 1. The molecule has 0 aromatic carbocycles. The van der Waals surface area contributed by atoms with Gasteiger partial charge in [0, 0.05) is 37.5 Å². The summed E-state index contributed by atoms with van der Waals surface area (Å²) in [4.78, 5) is 9.62. The van der Waals surface area contributed by atoms with Crippen LogP contribution in [0.25, 0.3) is 0 Å². The Morgan fingerprint density at radius 1 is 1.41 bits per heavy atom. The Balaban J connectivity index is 1.98. The summed E-state index contributed by atoms with van der Waals surface area (Å²) < 4.78 is 0. The fourth-order valence-corrected chi connectivity index (χ4v) is 3.24. The zero-order valence-corrected chi connectivity index (χ0v) is 12.1. The van der Waals surface area contributed by atoms with E-state index >= 15 is 0 Å². The van der Waals surface area contributed by atoms with Gasteiger partial charge in [0.2, 0.25) is 0 Å². The maximum atomic E-state index is 4.74. The summed E-state index contributed by atoms with van der Waals surface area (Å²) in [6.45, 7) is 7.93. The Bertz CT molecular complexity index is 361. The summed E-state index contributed by atoms with van der Waals surface area (Å²) in [6.07, 6.45) is 1.10. The van der Waals surface area contributed by atoms with Crippen LogP contribution < -0.4 is 0 Å². The molecule has 96 valence electrons. The van der Waals surface area contributed by atoms with Gasteiger partial charge < -0.3 is 9.80 Å². The van der Waals surface area contributed by atoms with Crippen LogP contribution in [0.15, 0.2) is 5.38 Å². The van der Waals surface area contributed by atoms with Gasteiger partial charge in [-0.25, -0.2) is 4.98 Å². The summed E-state index contributed by atoms with van der Waals surface area (Å²) in [7, 11) is 4.44. The van der Waals surface area contributed by atoms with E-state index in [0.717, 1.165) is 13.0 Å². The van der Waals surface area contributed by atoms with E-state index in [-0.39, 0.29) is 0 Å². The normalized spacial score (nSPS) is 23.5. The van der Waals surface area contributed by atoms with Gasteiger partial charge in [-0.15, -0.1) is 11.3 Å². The molecule has 4 heteroatoms. The highest BCUT2D eigenvalue weighted by atomic mass is 32.1. The predicted molar refractivity (Wildman–Crippen MR) is 73.8 cm³/mol. The van der Waals surface area contributed by atoms with Crippen LogP contribution in [0.2, 0.25) is 0 Å². The maximum Gasteiger partial charge on any atom is 0.0944 e. The summed E-state index contributed by atoms with van der Waals surface area (Å²) in [5.41, 5.74) is 1.25. The van der Waals surface area contributed by atoms with E-state index in [1.54, 1.807) is 0 Å². The van der Waals surface area contributed by atoms with Gasteiger partial charge in [0.15, 0.2) is 0 Å². The first-order chi connectivity index (χ1) is 8.06. The van der Waals surface area contributed by atoms with Crippen LogP contribution in [0.4, 0.5) is 0 Å². The van der Waals surface area contributed by atoms with E-state index in [1.807, 2.05) is 11.3 Å². The van der Waals surface area contributed by atoms with Crippen LogP contribution in [0, 0.1) is 0 Å². The van der Waals surface area contributed by atoms with Gasteiger partial charge in [0.05, 0.1) is 10.7 Å². The van der Waals surface area contributed by atoms with E-state index in [0.29, 0.717) is 12.0 Å². The molecule has 0 bridgehead atoms. The van der Waals surface area contributed by atoms with Crippen molar-refractivity contribution in [3.8, 4) is 0 Å². The maximum absolute atomic E-state index is 4.74. The van der Waals surface area contributed by atoms with Gasteiger partial charge in [-0.3, -0.25) is 0 Å². The summed E-state index contributed by atoms with van der Waals surface area (Å²) in [5, 5.41) is 3.51. The first-order valence-corrected chi connectivity index (χ1v) is 7.27. The zero-order valence-electron chi connectivity index (χ0n) is 11.3. The second-order valence-corrected chi connectivity index (χ2v) is 6.36. The molecular weight excluding hydrogens is 230 g/mol. The average molecular weight is 253 g/mol. The highest BCUT2D eigenvalue weighted by Gasteiger charge is 2.23. The topological polar surface area (TPSA) is 19.4 Å². The Morgan fingerprint density at radius 2 is 2.18 bits per heavy atom. The fourth-order valence-electron chi connectivity index (χ4n) is 2.21. The van der Waals surface area contributed by atoms with E-state index in [2.05, 4.69) is 43.1 Å². The molecule has 2 heterocycles. The Labute approximate surface area is 108 Å². The van der Waals surface area contributed by atoms with Crippen molar-refractivity contribution in [2.45, 2.75) is 32.2 Å². The molecule has 1 aliphatic heterocycles. The minimum absolute atomic E-state index is 0.548. The van der Waals surface area contributed by atoms with Gasteiger partial charge in [-0.2, -0.15) is 0 Å². The molecule has 0 radical (unpaired) electrons. The second kappa shape index (κ2) is 5.46. The molecule has 17 heavy (non-hydrogen) atoms. The van der Waals surface area contributed by atoms with Crippen LogP contribution in [-0.2, 0) is 6.42 Å². The van der Waals surface area contributed by atoms with Crippen molar-refractivity contribution < 1.29 is 0 Å². The standard InChI is InChI=1S/C13H23N3S/c1-10(2)12-9-17-13(14-12)7-11-8-15(3)5-6-16(11)4/h9-11H,5-8H2,1-4H3. The van der Waals surface area contributed by atoms with E-state index < -0.39 is 0 Å². The molecule has 1 fully saturated rings. The van der Waals surface area contributed by atoms with Crippen molar-refractivity contribution in [2.75, 3.05) is 33.7 Å². The van der Waals surface area contributed by atoms with Crippen molar-refractivity contribution in [1.82, 2.24) is 14.8 Å². The van der Waals surface area contributed by atoms with Gasteiger partial charge in [0.25, 0.3) is 0 Å². The molecule has 1 saturated heterocycles. The quantitative estimate of drug-likeness (QED) is 0.822. The van der Waals surface area contributed by atoms with Crippen LogP contribution in [0.1, 0.15) is 30.5 Å². The lowest BCUT2D eigenvalue weighted by Crippen LogP contribution is -2.50. The number of hydrogen-bond donors (Lipinski definition) is 0. The van der Waals surface area contributed by atoms with Crippen molar-refractivity contribution >= 4 is 11.3 Å². The van der Waals surface area contributed by atoms with Crippen LogP contribution >= 0.6 is 11.3 Å². The molecule has 0 spiro atoms. The zero-order chi connectivity index (χ0) is 12.4. The minimum atomic E-state index is 0.548. The highest BCUT2D eigenvalue weighted by molar-refractivity contribution is 7.09.